The van der Waals surface area contributed by atoms with Crippen molar-refractivity contribution in [1.29, 1.82) is 0 Å². The maximum Gasteiger partial charge on any atom is 0.275 e. The van der Waals surface area contributed by atoms with E-state index in [0.29, 0.717) is 10.0 Å². The molecule has 0 aliphatic heterocycles. The highest BCUT2D eigenvalue weighted by molar-refractivity contribution is 9.10. The zero-order valence-corrected chi connectivity index (χ0v) is 12.3. The van der Waals surface area contributed by atoms with Crippen LogP contribution in [0.1, 0.15) is 5.56 Å². The smallest absolute Gasteiger partial charge is 0.267 e. The molecular formula is C10H9BrN4O4S. The van der Waals surface area contributed by atoms with E-state index in [4.69, 9.17) is 5.14 Å². The lowest BCUT2D eigenvalue weighted by Crippen LogP contribution is -2.11. The minimum Gasteiger partial charge on any atom is -0.267 e. The van der Waals surface area contributed by atoms with Crippen molar-refractivity contribution in [2.45, 2.75) is 11.4 Å². The Balaban J connectivity index is 2.35. The van der Waals surface area contributed by atoms with Crippen LogP contribution in [0.3, 0.4) is 0 Å². The van der Waals surface area contributed by atoms with Gasteiger partial charge in [-0.3, -0.25) is 14.8 Å². The van der Waals surface area contributed by atoms with Gasteiger partial charge in [-0.25, -0.2) is 13.6 Å². The second kappa shape index (κ2) is 5.31. The molecule has 2 aromatic rings. The predicted molar refractivity (Wildman–Crippen MR) is 73.5 cm³/mol. The lowest BCUT2D eigenvalue weighted by Gasteiger charge is -2.03. The van der Waals surface area contributed by atoms with Crippen LogP contribution in [-0.2, 0) is 16.6 Å². The van der Waals surface area contributed by atoms with E-state index in [1.54, 1.807) is 12.1 Å². The highest BCUT2D eigenvalue weighted by Crippen LogP contribution is 2.24. The van der Waals surface area contributed by atoms with Crippen LogP contribution in [0, 0.1) is 10.1 Å². The van der Waals surface area contributed by atoms with Crippen LogP contribution in [0.25, 0.3) is 0 Å². The van der Waals surface area contributed by atoms with E-state index in [0.717, 1.165) is 6.20 Å². The van der Waals surface area contributed by atoms with E-state index < -0.39 is 14.9 Å². The monoisotopic (exact) mass is 360 g/mol. The fraction of sp³-hybridized carbons (Fsp3) is 0.100. The van der Waals surface area contributed by atoms with E-state index in [1.807, 2.05) is 0 Å². The van der Waals surface area contributed by atoms with E-state index in [2.05, 4.69) is 21.0 Å². The van der Waals surface area contributed by atoms with Crippen LogP contribution in [0.2, 0.25) is 0 Å². The van der Waals surface area contributed by atoms with Gasteiger partial charge in [0.2, 0.25) is 10.0 Å². The molecule has 0 spiro atoms. The number of nitro benzene ring substituents is 1. The lowest BCUT2D eigenvalue weighted by molar-refractivity contribution is -0.385. The number of rotatable bonds is 4. The number of nitrogens with zero attached hydrogens (tertiary/aromatic N) is 3. The van der Waals surface area contributed by atoms with Gasteiger partial charge in [-0.15, -0.1) is 0 Å². The minimum atomic E-state index is -3.83. The summed E-state index contributed by atoms with van der Waals surface area (Å²) in [6.45, 7) is 0.0686. The van der Waals surface area contributed by atoms with Gasteiger partial charge in [-0.2, -0.15) is 5.10 Å². The topological polar surface area (TPSA) is 121 Å². The first-order chi connectivity index (χ1) is 9.27. The summed E-state index contributed by atoms with van der Waals surface area (Å²) in [4.78, 5) is 10.3. The normalized spacial score (nSPS) is 11.5. The Kier molecular flexibility index (Phi) is 3.88. The molecule has 1 aromatic carbocycles. The number of nitrogens with two attached hydrogens (primary N) is 1. The average molecular weight is 361 g/mol. The summed E-state index contributed by atoms with van der Waals surface area (Å²) in [5.41, 5.74) is 0.328. The van der Waals surface area contributed by atoms with E-state index in [9.17, 15) is 18.5 Å². The quantitative estimate of drug-likeness (QED) is 0.649. The van der Waals surface area contributed by atoms with Gasteiger partial charge < -0.3 is 0 Å². The standard InChI is InChI=1S/C10H9BrN4O4S/c11-8-2-1-7(10(3-8)15(16)17)5-14-6-9(4-13-14)20(12,18)19/h1-4,6H,5H2,(H2,12,18,19). The summed E-state index contributed by atoms with van der Waals surface area (Å²) in [5.74, 6) is 0. The molecule has 0 saturated heterocycles. The summed E-state index contributed by atoms with van der Waals surface area (Å²) in [7, 11) is -3.83. The van der Waals surface area contributed by atoms with Gasteiger partial charge in [0.25, 0.3) is 5.69 Å². The van der Waals surface area contributed by atoms with Gasteiger partial charge >= 0.3 is 0 Å². The van der Waals surface area contributed by atoms with E-state index in [1.165, 1.54) is 16.9 Å². The van der Waals surface area contributed by atoms with Crippen molar-refractivity contribution >= 4 is 31.6 Å². The summed E-state index contributed by atoms with van der Waals surface area (Å²) in [6.07, 6.45) is 2.32. The van der Waals surface area contributed by atoms with Crippen LogP contribution < -0.4 is 5.14 Å². The summed E-state index contributed by atoms with van der Waals surface area (Å²) < 4.78 is 24.1. The number of halogens is 1. The van der Waals surface area contributed by atoms with Gasteiger partial charge in [0.15, 0.2) is 0 Å². The van der Waals surface area contributed by atoms with Crippen LogP contribution >= 0.6 is 15.9 Å². The zero-order valence-electron chi connectivity index (χ0n) is 9.93. The molecule has 0 saturated carbocycles. The Morgan fingerprint density at radius 2 is 2.15 bits per heavy atom. The van der Waals surface area contributed by atoms with Crippen LogP contribution in [0.5, 0.6) is 0 Å². The van der Waals surface area contributed by atoms with Gasteiger partial charge in [0.05, 0.1) is 23.2 Å². The highest BCUT2D eigenvalue weighted by Gasteiger charge is 2.16. The Morgan fingerprint density at radius 1 is 1.45 bits per heavy atom. The molecule has 2 N–H and O–H groups in total. The van der Waals surface area contributed by atoms with Gasteiger partial charge in [-0.05, 0) is 12.1 Å². The molecule has 1 aromatic heterocycles. The fourth-order valence-electron chi connectivity index (χ4n) is 1.59. The van der Waals surface area contributed by atoms with Crippen molar-refractivity contribution in [3.63, 3.8) is 0 Å². The van der Waals surface area contributed by atoms with Gasteiger partial charge in [0.1, 0.15) is 4.90 Å². The number of benzene rings is 1. The van der Waals surface area contributed by atoms with Crippen LogP contribution in [0.15, 0.2) is 40.0 Å². The minimum absolute atomic E-state index is 0.0686. The third-order valence-corrected chi connectivity index (χ3v) is 3.88. The Labute approximate surface area is 122 Å². The molecule has 8 nitrogen and oxygen atoms in total. The lowest BCUT2D eigenvalue weighted by atomic mass is 10.2. The molecule has 20 heavy (non-hydrogen) atoms. The maximum absolute atomic E-state index is 11.1. The molecule has 0 unspecified atom stereocenters. The molecule has 0 atom stereocenters. The number of hydrogen-bond donors (Lipinski definition) is 1. The summed E-state index contributed by atoms with van der Waals surface area (Å²) >= 11 is 3.16. The molecule has 0 fully saturated rings. The van der Waals surface area contributed by atoms with Crippen molar-refractivity contribution in [3.05, 3.63) is 50.7 Å². The maximum atomic E-state index is 11.1. The molecule has 0 amide bonds. The molecule has 106 valence electrons. The Bertz CT molecular complexity index is 771. The van der Waals surface area contributed by atoms with Crippen molar-refractivity contribution in [1.82, 2.24) is 9.78 Å². The zero-order chi connectivity index (χ0) is 14.9. The number of aromatic nitrogens is 2. The van der Waals surface area contributed by atoms with Gasteiger partial charge in [-0.1, -0.05) is 15.9 Å². The number of nitro groups is 1. The Hall–Kier alpha value is -1.78. The third-order valence-electron chi connectivity index (χ3n) is 2.51. The second-order valence-corrected chi connectivity index (χ2v) is 6.43. The number of primary sulfonamides is 1. The highest BCUT2D eigenvalue weighted by atomic mass is 79.9. The van der Waals surface area contributed by atoms with Crippen LogP contribution in [0.4, 0.5) is 5.69 Å². The van der Waals surface area contributed by atoms with Crippen LogP contribution in [-0.4, -0.2) is 23.1 Å². The van der Waals surface area contributed by atoms with Crippen molar-refractivity contribution in [2.75, 3.05) is 0 Å². The predicted octanol–water partition coefficient (Wildman–Crippen LogP) is 1.25. The van der Waals surface area contributed by atoms with E-state index in [-0.39, 0.29) is 17.1 Å². The molecule has 2 rings (SSSR count). The molecule has 0 aliphatic rings. The first-order valence-corrected chi connectivity index (χ1v) is 7.59. The third kappa shape index (κ3) is 3.21. The fourth-order valence-corrected chi connectivity index (χ4v) is 2.40. The Morgan fingerprint density at radius 3 is 2.70 bits per heavy atom. The molecular weight excluding hydrogens is 352 g/mol. The SMILES string of the molecule is NS(=O)(=O)c1cnn(Cc2ccc(Br)cc2[N+](=O)[O-])c1. The van der Waals surface area contributed by atoms with Crippen molar-refractivity contribution in [2.24, 2.45) is 5.14 Å². The van der Waals surface area contributed by atoms with Gasteiger partial charge in [0, 0.05) is 16.7 Å². The number of sulfonamides is 1. The molecule has 0 bridgehead atoms. The average Bonchev–Trinajstić information content (AvgIpc) is 2.79. The molecule has 10 heteroatoms. The first-order valence-electron chi connectivity index (χ1n) is 5.25. The largest absolute Gasteiger partial charge is 0.275 e. The summed E-state index contributed by atoms with van der Waals surface area (Å²) in [5, 5.41) is 19.8. The molecule has 1 heterocycles. The van der Waals surface area contributed by atoms with Crippen molar-refractivity contribution < 1.29 is 13.3 Å². The second-order valence-electron chi connectivity index (χ2n) is 3.95. The van der Waals surface area contributed by atoms with E-state index >= 15 is 0 Å². The van der Waals surface area contributed by atoms with Crippen molar-refractivity contribution in [3.8, 4) is 0 Å². The molecule has 0 radical (unpaired) electrons. The summed E-state index contributed by atoms with van der Waals surface area (Å²) in [6, 6.07) is 4.60. The number of hydrogen-bond acceptors (Lipinski definition) is 5. The molecule has 0 aliphatic carbocycles. The first kappa shape index (κ1) is 14.6.